The molecule has 0 aromatic heterocycles. The maximum absolute atomic E-state index is 11.6. The van der Waals surface area contributed by atoms with E-state index in [0.29, 0.717) is 5.56 Å². The fourth-order valence-corrected chi connectivity index (χ4v) is 2.79. The van der Waals surface area contributed by atoms with Gasteiger partial charge in [-0.25, -0.2) is 5.84 Å². The predicted octanol–water partition coefficient (Wildman–Crippen LogP) is 4.67. The van der Waals surface area contributed by atoms with Gasteiger partial charge in [0.1, 0.15) is 0 Å². The Labute approximate surface area is 135 Å². The number of amides is 1. The van der Waals surface area contributed by atoms with Crippen molar-refractivity contribution in [2.45, 2.75) is 78.1 Å². The SMILES string of the molecule is CCCCCCCCCCCc1cc(C(=O)NN)ccc1C. The zero-order valence-corrected chi connectivity index (χ0v) is 14.3. The van der Waals surface area contributed by atoms with E-state index in [0.717, 1.165) is 6.42 Å². The number of aryl methyl sites for hydroxylation is 2. The van der Waals surface area contributed by atoms with E-state index in [1.165, 1.54) is 68.9 Å². The molecule has 0 saturated heterocycles. The molecule has 0 aliphatic rings. The van der Waals surface area contributed by atoms with Crippen molar-refractivity contribution in [3.63, 3.8) is 0 Å². The first-order valence-corrected chi connectivity index (χ1v) is 8.79. The summed E-state index contributed by atoms with van der Waals surface area (Å²) in [7, 11) is 0. The molecule has 0 heterocycles. The number of unbranched alkanes of at least 4 members (excludes halogenated alkanes) is 8. The fourth-order valence-electron chi connectivity index (χ4n) is 2.79. The molecule has 1 aromatic rings. The molecule has 0 atom stereocenters. The summed E-state index contributed by atoms with van der Waals surface area (Å²) in [6.07, 6.45) is 13.1. The zero-order valence-electron chi connectivity index (χ0n) is 14.3. The van der Waals surface area contributed by atoms with E-state index in [1.807, 2.05) is 18.2 Å². The van der Waals surface area contributed by atoms with E-state index in [-0.39, 0.29) is 5.91 Å². The van der Waals surface area contributed by atoms with Crippen molar-refractivity contribution in [3.8, 4) is 0 Å². The molecule has 0 spiro atoms. The number of hydrazine groups is 1. The Morgan fingerprint density at radius 3 is 2.18 bits per heavy atom. The van der Waals surface area contributed by atoms with Gasteiger partial charge in [0, 0.05) is 5.56 Å². The second kappa shape index (κ2) is 11.2. The lowest BCUT2D eigenvalue weighted by atomic mass is 9.98. The Morgan fingerprint density at radius 1 is 1.00 bits per heavy atom. The van der Waals surface area contributed by atoms with Gasteiger partial charge in [-0.2, -0.15) is 0 Å². The minimum Gasteiger partial charge on any atom is -0.290 e. The topological polar surface area (TPSA) is 55.1 Å². The number of rotatable bonds is 11. The van der Waals surface area contributed by atoms with Crippen molar-refractivity contribution in [2.75, 3.05) is 0 Å². The molecule has 3 nitrogen and oxygen atoms in total. The highest BCUT2D eigenvalue weighted by Gasteiger charge is 2.06. The summed E-state index contributed by atoms with van der Waals surface area (Å²) in [6, 6.07) is 5.81. The van der Waals surface area contributed by atoms with Crippen molar-refractivity contribution < 1.29 is 4.79 Å². The molecule has 0 aliphatic heterocycles. The van der Waals surface area contributed by atoms with E-state index < -0.39 is 0 Å². The minimum atomic E-state index is -0.215. The lowest BCUT2D eigenvalue weighted by molar-refractivity contribution is 0.0953. The Balaban J connectivity index is 2.23. The van der Waals surface area contributed by atoms with Crippen molar-refractivity contribution in [3.05, 3.63) is 34.9 Å². The first-order valence-electron chi connectivity index (χ1n) is 8.79. The minimum absolute atomic E-state index is 0.215. The van der Waals surface area contributed by atoms with Gasteiger partial charge in [-0.15, -0.1) is 0 Å². The molecule has 0 aliphatic carbocycles. The molecule has 3 N–H and O–H groups in total. The highest BCUT2D eigenvalue weighted by Crippen LogP contribution is 2.16. The molecule has 1 amide bonds. The molecule has 1 rings (SSSR count). The monoisotopic (exact) mass is 304 g/mol. The summed E-state index contributed by atoms with van der Waals surface area (Å²) < 4.78 is 0. The van der Waals surface area contributed by atoms with Crippen LogP contribution >= 0.6 is 0 Å². The van der Waals surface area contributed by atoms with Crippen LogP contribution in [-0.2, 0) is 6.42 Å². The molecule has 0 fully saturated rings. The average Bonchev–Trinajstić information content (AvgIpc) is 2.54. The van der Waals surface area contributed by atoms with Gasteiger partial charge in [0.05, 0.1) is 0 Å². The van der Waals surface area contributed by atoms with Crippen LogP contribution in [0.25, 0.3) is 0 Å². The van der Waals surface area contributed by atoms with E-state index in [2.05, 4.69) is 19.3 Å². The van der Waals surface area contributed by atoms with Crippen LogP contribution < -0.4 is 11.3 Å². The molecule has 3 heteroatoms. The van der Waals surface area contributed by atoms with Crippen LogP contribution in [0.5, 0.6) is 0 Å². The molecular formula is C19H32N2O. The Bertz CT molecular complexity index is 443. The van der Waals surface area contributed by atoms with E-state index in [9.17, 15) is 4.79 Å². The summed E-state index contributed by atoms with van der Waals surface area (Å²) in [5.74, 6) is 4.98. The van der Waals surface area contributed by atoms with E-state index in [1.54, 1.807) is 0 Å². The summed E-state index contributed by atoms with van der Waals surface area (Å²) >= 11 is 0. The lowest BCUT2D eigenvalue weighted by Gasteiger charge is -2.08. The van der Waals surface area contributed by atoms with Gasteiger partial charge in [0.2, 0.25) is 0 Å². The number of nitrogens with one attached hydrogen (secondary N) is 1. The van der Waals surface area contributed by atoms with E-state index in [4.69, 9.17) is 5.84 Å². The second-order valence-electron chi connectivity index (χ2n) is 6.19. The zero-order chi connectivity index (χ0) is 16.2. The van der Waals surface area contributed by atoms with Crippen molar-refractivity contribution in [2.24, 2.45) is 5.84 Å². The molecule has 0 unspecified atom stereocenters. The van der Waals surface area contributed by atoms with Crippen molar-refractivity contribution >= 4 is 5.91 Å². The van der Waals surface area contributed by atoms with Crippen LogP contribution in [-0.4, -0.2) is 5.91 Å². The predicted molar refractivity (Wildman–Crippen MR) is 93.8 cm³/mol. The number of nitrogen functional groups attached to an aromatic ring is 1. The number of carbonyl (C=O) groups excluding carboxylic acids is 1. The number of carbonyl (C=O) groups is 1. The van der Waals surface area contributed by atoms with Gasteiger partial charge in [-0.05, 0) is 43.0 Å². The number of benzene rings is 1. The van der Waals surface area contributed by atoms with Gasteiger partial charge < -0.3 is 0 Å². The van der Waals surface area contributed by atoms with Crippen LogP contribution in [0.4, 0.5) is 0 Å². The van der Waals surface area contributed by atoms with E-state index >= 15 is 0 Å². The van der Waals surface area contributed by atoms with Gasteiger partial charge in [-0.1, -0.05) is 64.4 Å². The number of hydrogen-bond acceptors (Lipinski definition) is 2. The molecule has 0 radical (unpaired) electrons. The van der Waals surface area contributed by atoms with Crippen molar-refractivity contribution in [1.82, 2.24) is 5.43 Å². The lowest BCUT2D eigenvalue weighted by Crippen LogP contribution is -2.30. The second-order valence-corrected chi connectivity index (χ2v) is 6.19. The highest BCUT2D eigenvalue weighted by atomic mass is 16.2. The number of hydrogen-bond donors (Lipinski definition) is 2. The molecular weight excluding hydrogens is 272 g/mol. The molecule has 1 aromatic carbocycles. The maximum atomic E-state index is 11.6. The fraction of sp³-hybridized carbons (Fsp3) is 0.632. The number of nitrogens with two attached hydrogens (primary N) is 1. The molecule has 0 saturated carbocycles. The summed E-state index contributed by atoms with van der Waals surface area (Å²) in [5.41, 5.74) is 5.37. The summed E-state index contributed by atoms with van der Waals surface area (Å²) in [6.45, 7) is 4.36. The Hall–Kier alpha value is -1.35. The van der Waals surface area contributed by atoms with Gasteiger partial charge >= 0.3 is 0 Å². The van der Waals surface area contributed by atoms with Crippen molar-refractivity contribution in [1.29, 1.82) is 0 Å². The first kappa shape index (κ1) is 18.7. The third kappa shape index (κ3) is 7.08. The smallest absolute Gasteiger partial charge is 0.265 e. The standard InChI is InChI=1S/C19H32N2O/c1-3-4-5-6-7-8-9-10-11-12-17-15-18(19(22)21-20)14-13-16(17)2/h13-15H,3-12,20H2,1-2H3,(H,21,22). The quantitative estimate of drug-likeness (QED) is 0.270. The van der Waals surface area contributed by atoms with Gasteiger partial charge in [0.15, 0.2) is 0 Å². The highest BCUT2D eigenvalue weighted by molar-refractivity contribution is 5.94. The Kier molecular flexibility index (Phi) is 9.56. The molecule has 0 bridgehead atoms. The van der Waals surface area contributed by atoms with Crippen LogP contribution in [0.3, 0.4) is 0 Å². The van der Waals surface area contributed by atoms with Crippen LogP contribution in [0.1, 0.15) is 86.2 Å². The Morgan fingerprint density at radius 2 is 1.59 bits per heavy atom. The van der Waals surface area contributed by atoms with Crippen LogP contribution in [0.15, 0.2) is 18.2 Å². The maximum Gasteiger partial charge on any atom is 0.265 e. The van der Waals surface area contributed by atoms with Gasteiger partial charge in [-0.3, -0.25) is 10.2 Å². The molecule has 22 heavy (non-hydrogen) atoms. The van der Waals surface area contributed by atoms with Crippen LogP contribution in [0.2, 0.25) is 0 Å². The largest absolute Gasteiger partial charge is 0.290 e. The normalized spacial score (nSPS) is 10.7. The van der Waals surface area contributed by atoms with Gasteiger partial charge in [0.25, 0.3) is 5.91 Å². The van der Waals surface area contributed by atoms with Crippen LogP contribution in [0, 0.1) is 6.92 Å². The summed E-state index contributed by atoms with van der Waals surface area (Å²) in [4.78, 5) is 11.6. The third-order valence-corrected chi connectivity index (χ3v) is 4.29. The average molecular weight is 304 g/mol. The third-order valence-electron chi connectivity index (χ3n) is 4.29. The molecule has 124 valence electrons. The first-order chi connectivity index (χ1) is 10.7. The summed E-state index contributed by atoms with van der Waals surface area (Å²) in [5, 5.41) is 0.